The maximum Gasteiger partial charge on any atom is 0.128 e. The predicted octanol–water partition coefficient (Wildman–Crippen LogP) is -0.173. The van der Waals surface area contributed by atoms with E-state index in [4.69, 9.17) is 9.47 Å². The standard InChI is InChI=1S/C18H24N2O2/c1-21-18-7-6-15-4-2-3-5-16(15)17(18)14-19-8-9-20-10-12-22-13-11-20/h2-7,19H,8-14H2,1H3/p+2. The molecule has 0 unspecified atom stereocenters. The molecule has 1 saturated heterocycles. The van der Waals surface area contributed by atoms with E-state index in [1.54, 1.807) is 12.0 Å². The maximum absolute atomic E-state index is 5.56. The minimum absolute atomic E-state index is 0.909. The van der Waals surface area contributed by atoms with Crippen molar-refractivity contribution in [3.05, 3.63) is 42.0 Å². The Bertz CT molecular complexity index is 609. The number of nitrogens with two attached hydrogens (primary N) is 1. The summed E-state index contributed by atoms with van der Waals surface area (Å²) in [5, 5.41) is 4.98. The molecule has 0 atom stereocenters. The molecule has 0 spiro atoms. The Kier molecular flexibility index (Phi) is 5.27. The molecule has 3 N–H and O–H groups in total. The van der Waals surface area contributed by atoms with Gasteiger partial charge in [0, 0.05) is 0 Å². The fraction of sp³-hybridized carbons (Fsp3) is 0.444. The highest BCUT2D eigenvalue weighted by Crippen LogP contribution is 2.26. The maximum atomic E-state index is 5.56. The summed E-state index contributed by atoms with van der Waals surface area (Å²) in [6, 6.07) is 12.8. The largest absolute Gasteiger partial charge is 0.496 e. The van der Waals surface area contributed by atoms with Crippen LogP contribution in [0.15, 0.2) is 36.4 Å². The zero-order chi connectivity index (χ0) is 15.2. The number of morpholine rings is 1. The van der Waals surface area contributed by atoms with Crippen LogP contribution in [0, 0.1) is 0 Å². The van der Waals surface area contributed by atoms with E-state index in [2.05, 4.69) is 41.7 Å². The molecule has 1 heterocycles. The molecule has 2 aromatic rings. The number of fused-ring (bicyclic) bond motifs is 1. The number of ether oxygens (including phenoxy) is 2. The third-order valence-corrected chi connectivity index (χ3v) is 4.47. The summed E-state index contributed by atoms with van der Waals surface area (Å²) in [4.78, 5) is 1.66. The van der Waals surface area contributed by atoms with Gasteiger partial charge in [-0.15, -0.1) is 0 Å². The highest BCUT2D eigenvalue weighted by atomic mass is 16.5. The second-order valence-corrected chi connectivity index (χ2v) is 5.86. The van der Waals surface area contributed by atoms with Crippen molar-refractivity contribution in [1.29, 1.82) is 0 Å². The van der Waals surface area contributed by atoms with E-state index >= 15 is 0 Å². The summed E-state index contributed by atoms with van der Waals surface area (Å²) in [5.74, 6) is 0.994. The quantitative estimate of drug-likeness (QED) is 0.727. The number of benzene rings is 2. The molecule has 1 aliphatic heterocycles. The Morgan fingerprint density at radius 3 is 2.77 bits per heavy atom. The summed E-state index contributed by atoms with van der Waals surface area (Å²) in [6.07, 6.45) is 0. The number of hydrogen-bond acceptors (Lipinski definition) is 2. The molecule has 0 bridgehead atoms. The van der Waals surface area contributed by atoms with Gasteiger partial charge in [0.25, 0.3) is 0 Å². The van der Waals surface area contributed by atoms with Gasteiger partial charge in [-0.1, -0.05) is 30.3 Å². The Balaban J connectivity index is 1.62. The Morgan fingerprint density at radius 2 is 1.95 bits per heavy atom. The third-order valence-electron chi connectivity index (χ3n) is 4.47. The molecule has 0 aromatic heterocycles. The first-order chi connectivity index (χ1) is 10.9. The fourth-order valence-corrected chi connectivity index (χ4v) is 3.18. The van der Waals surface area contributed by atoms with Crippen molar-refractivity contribution in [2.24, 2.45) is 0 Å². The van der Waals surface area contributed by atoms with Crippen molar-refractivity contribution < 1.29 is 19.7 Å². The SMILES string of the molecule is COc1ccc2ccccc2c1C[NH2+]CC[NH+]1CCOCC1. The number of hydrogen-bond donors (Lipinski definition) is 2. The number of nitrogens with one attached hydrogen (secondary N) is 1. The van der Waals surface area contributed by atoms with Gasteiger partial charge in [-0.05, 0) is 16.8 Å². The van der Waals surface area contributed by atoms with Crippen molar-refractivity contribution in [3.63, 3.8) is 0 Å². The Morgan fingerprint density at radius 1 is 1.14 bits per heavy atom. The lowest BCUT2D eigenvalue weighted by Gasteiger charge is -2.23. The molecule has 22 heavy (non-hydrogen) atoms. The molecular formula is C18H26N2O2+2. The van der Waals surface area contributed by atoms with Crippen LogP contribution in [0.25, 0.3) is 10.8 Å². The monoisotopic (exact) mass is 302 g/mol. The van der Waals surface area contributed by atoms with Crippen LogP contribution in [-0.2, 0) is 11.3 Å². The van der Waals surface area contributed by atoms with Gasteiger partial charge < -0.3 is 19.7 Å². The first kappa shape index (κ1) is 15.3. The molecule has 3 rings (SSSR count). The van der Waals surface area contributed by atoms with Gasteiger partial charge in [-0.3, -0.25) is 0 Å². The van der Waals surface area contributed by atoms with Crippen molar-refractivity contribution in [2.45, 2.75) is 6.54 Å². The van der Waals surface area contributed by atoms with Crippen LogP contribution < -0.4 is 15.0 Å². The summed E-state index contributed by atoms with van der Waals surface area (Å²) in [6.45, 7) is 7.42. The average Bonchev–Trinajstić information content (AvgIpc) is 2.59. The fourth-order valence-electron chi connectivity index (χ4n) is 3.18. The van der Waals surface area contributed by atoms with Crippen LogP contribution in [0.5, 0.6) is 5.75 Å². The van der Waals surface area contributed by atoms with Crippen LogP contribution in [0.1, 0.15) is 5.56 Å². The summed E-state index contributed by atoms with van der Waals surface area (Å²) in [5.41, 5.74) is 1.30. The molecule has 0 aliphatic carbocycles. The van der Waals surface area contributed by atoms with Gasteiger partial charge in [0.05, 0.1) is 25.9 Å². The Hall–Kier alpha value is -1.62. The van der Waals surface area contributed by atoms with Crippen LogP contribution in [-0.4, -0.2) is 46.5 Å². The first-order valence-electron chi connectivity index (χ1n) is 8.16. The summed E-state index contributed by atoms with van der Waals surface area (Å²) in [7, 11) is 1.76. The lowest BCUT2D eigenvalue weighted by atomic mass is 10.0. The average molecular weight is 302 g/mol. The zero-order valence-electron chi connectivity index (χ0n) is 13.3. The first-order valence-corrected chi connectivity index (χ1v) is 8.16. The second-order valence-electron chi connectivity index (χ2n) is 5.86. The minimum atomic E-state index is 0.909. The van der Waals surface area contributed by atoms with Crippen LogP contribution >= 0.6 is 0 Å². The molecule has 2 aromatic carbocycles. The van der Waals surface area contributed by atoms with Crippen molar-refractivity contribution in [2.75, 3.05) is 46.5 Å². The zero-order valence-corrected chi connectivity index (χ0v) is 13.3. The predicted molar refractivity (Wildman–Crippen MR) is 87.4 cm³/mol. The molecule has 1 aliphatic rings. The van der Waals surface area contributed by atoms with Gasteiger partial charge >= 0.3 is 0 Å². The van der Waals surface area contributed by atoms with Gasteiger partial charge in [0.15, 0.2) is 0 Å². The summed E-state index contributed by atoms with van der Waals surface area (Å²) < 4.78 is 11.0. The van der Waals surface area contributed by atoms with Gasteiger partial charge in [-0.25, -0.2) is 0 Å². The van der Waals surface area contributed by atoms with E-state index in [-0.39, 0.29) is 0 Å². The van der Waals surface area contributed by atoms with E-state index in [0.717, 1.165) is 45.1 Å². The Labute approximate surface area is 132 Å². The van der Waals surface area contributed by atoms with E-state index in [1.165, 1.54) is 22.9 Å². The lowest BCUT2D eigenvalue weighted by molar-refractivity contribution is -0.920. The van der Waals surface area contributed by atoms with Gasteiger partial charge in [0.2, 0.25) is 0 Å². The number of rotatable bonds is 6. The van der Waals surface area contributed by atoms with Crippen LogP contribution in [0.2, 0.25) is 0 Å². The molecule has 0 saturated carbocycles. The van der Waals surface area contributed by atoms with Gasteiger partial charge in [0.1, 0.15) is 38.5 Å². The summed E-state index contributed by atoms with van der Waals surface area (Å²) >= 11 is 0. The second kappa shape index (κ2) is 7.58. The molecule has 4 heteroatoms. The topological polar surface area (TPSA) is 39.5 Å². The van der Waals surface area contributed by atoms with E-state index in [0.29, 0.717) is 0 Å². The smallest absolute Gasteiger partial charge is 0.128 e. The van der Waals surface area contributed by atoms with Crippen LogP contribution in [0.4, 0.5) is 0 Å². The molecule has 4 nitrogen and oxygen atoms in total. The number of quaternary nitrogens is 2. The van der Waals surface area contributed by atoms with E-state index < -0.39 is 0 Å². The molecule has 0 radical (unpaired) electrons. The van der Waals surface area contributed by atoms with Crippen LogP contribution in [0.3, 0.4) is 0 Å². The lowest BCUT2D eigenvalue weighted by Crippen LogP contribution is -3.16. The molecule has 0 amide bonds. The minimum Gasteiger partial charge on any atom is -0.496 e. The molecular weight excluding hydrogens is 276 g/mol. The van der Waals surface area contributed by atoms with E-state index in [9.17, 15) is 0 Å². The third kappa shape index (κ3) is 3.58. The van der Waals surface area contributed by atoms with Crippen molar-refractivity contribution >= 4 is 10.8 Å². The number of methoxy groups -OCH3 is 1. The van der Waals surface area contributed by atoms with E-state index in [1.807, 2.05) is 0 Å². The molecule has 118 valence electrons. The van der Waals surface area contributed by atoms with Crippen molar-refractivity contribution in [3.8, 4) is 5.75 Å². The highest BCUT2D eigenvalue weighted by molar-refractivity contribution is 5.87. The molecule has 1 fully saturated rings. The highest BCUT2D eigenvalue weighted by Gasteiger charge is 2.14. The van der Waals surface area contributed by atoms with Crippen molar-refractivity contribution in [1.82, 2.24) is 0 Å². The van der Waals surface area contributed by atoms with Gasteiger partial charge in [-0.2, -0.15) is 0 Å². The normalized spacial score (nSPS) is 16.0.